The predicted molar refractivity (Wildman–Crippen MR) is 157 cm³/mol. The quantitative estimate of drug-likeness (QED) is 0.215. The number of ether oxygens (including phenoxy) is 1. The van der Waals surface area contributed by atoms with Crippen LogP contribution in [0.5, 0.6) is 5.88 Å². The molecule has 41 heavy (non-hydrogen) atoms. The van der Waals surface area contributed by atoms with Crippen molar-refractivity contribution in [3.63, 3.8) is 0 Å². The highest BCUT2D eigenvalue weighted by molar-refractivity contribution is 6.02. The molecular weight excluding hydrogens is 517 g/mol. The summed E-state index contributed by atoms with van der Waals surface area (Å²) in [6, 6.07) is 20.4. The van der Waals surface area contributed by atoms with Crippen molar-refractivity contribution in [3.05, 3.63) is 90.8 Å². The van der Waals surface area contributed by atoms with Gasteiger partial charge in [-0.3, -0.25) is 4.98 Å². The van der Waals surface area contributed by atoms with Crippen molar-refractivity contribution in [2.75, 3.05) is 18.5 Å². The Labute approximate surface area is 236 Å². The van der Waals surface area contributed by atoms with Crippen LogP contribution in [0, 0.1) is 5.82 Å². The first-order valence-electron chi connectivity index (χ1n) is 13.9. The van der Waals surface area contributed by atoms with E-state index in [2.05, 4.69) is 38.9 Å². The fourth-order valence-corrected chi connectivity index (χ4v) is 5.47. The number of aryl methyl sites for hydroxylation is 1. The van der Waals surface area contributed by atoms with Crippen molar-refractivity contribution in [2.45, 2.75) is 32.2 Å². The van der Waals surface area contributed by atoms with Crippen molar-refractivity contribution in [2.24, 2.45) is 0 Å². The highest BCUT2D eigenvalue weighted by atomic mass is 19.1. The van der Waals surface area contributed by atoms with Gasteiger partial charge in [0.25, 0.3) is 0 Å². The van der Waals surface area contributed by atoms with Crippen molar-refractivity contribution in [1.82, 2.24) is 29.5 Å². The summed E-state index contributed by atoms with van der Waals surface area (Å²) in [5.74, 6) is 1.79. The molecule has 6 aromatic rings. The van der Waals surface area contributed by atoms with E-state index < -0.39 is 0 Å². The molecule has 5 heterocycles. The van der Waals surface area contributed by atoms with Crippen LogP contribution in [0.4, 0.5) is 10.3 Å². The van der Waals surface area contributed by atoms with E-state index in [-0.39, 0.29) is 11.9 Å². The summed E-state index contributed by atoms with van der Waals surface area (Å²) in [6.07, 6.45) is 6.18. The van der Waals surface area contributed by atoms with Gasteiger partial charge in [-0.05, 0) is 55.3 Å². The summed E-state index contributed by atoms with van der Waals surface area (Å²) in [7, 11) is 0. The fraction of sp³-hybridized carbons (Fsp3) is 0.219. The molecular formula is C32H28FN7O. The standard InChI is InChI=1S/C32H28FN7O/c1-2-16-35-32-36-18-15-25(37-32)31-30(22-7-10-23(33)11-8-22)38-26-13-12-24(40(26)31)19-41-27-14-9-21-6-5-20-4-3-17-34-28(20)29(21)39-27/h3-11,14-15,17-18,24H,2,12-13,16,19H2,1H3,(H,35,36,37). The normalized spacial score (nSPS) is 14.4. The molecule has 1 atom stereocenters. The van der Waals surface area contributed by atoms with E-state index in [1.54, 1.807) is 24.5 Å². The van der Waals surface area contributed by atoms with Crippen LogP contribution in [0.15, 0.2) is 79.1 Å². The van der Waals surface area contributed by atoms with E-state index in [1.165, 1.54) is 12.1 Å². The molecule has 9 heteroatoms. The maximum Gasteiger partial charge on any atom is 0.223 e. The molecule has 0 saturated carbocycles. The second-order valence-corrected chi connectivity index (χ2v) is 10.2. The molecule has 204 valence electrons. The number of hydrogen-bond donors (Lipinski definition) is 1. The molecule has 0 fully saturated rings. The number of aromatic nitrogens is 6. The van der Waals surface area contributed by atoms with Gasteiger partial charge in [0, 0.05) is 47.8 Å². The molecule has 0 spiro atoms. The van der Waals surface area contributed by atoms with Crippen LogP contribution < -0.4 is 10.1 Å². The van der Waals surface area contributed by atoms with Gasteiger partial charge in [-0.25, -0.2) is 24.3 Å². The van der Waals surface area contributed by atoms with Crippen molar-refractivity contribution in [1.29, 1.82) is 0 Å². The van der Waals surface area contributed by atoms with Crippen LogP contribution in [0.2, 0.25) is 0 Å². The SMILES string of the molecule is CCCNc1nccc(-c2c(-c3ccc(F)cc3)nc3n2C(COc2ccc4ccc5cccnc5c4n2)CC3)n1. The number of nitrogens with zero attached hydrogens (tertiary/aromatic N) is 6. The van der Waals surface area contributed by atoms with Gasteiger partial charge in [-0.2, -0.15) is 0 Å². The largest absolute Gasteiger partial charge is 0.475 e. The third kappa shape index (κ3) is 4.73. The average molecular weight is 546 g/mol. The van der Waals surface area contributed by atoms with Crippen molar-refractivity contribution >= 4 is 27.8 Å². The van der Waals surface area contributed by atoms with Gasteiger partial charge >= 0.3 is 0 Å². The van der Waals surface area contributed by atoms with Crippen LogP contribution >= 0.6 is 0 Å². The molecule has 0 amide bonds. The van der Waals surface area contributed by atoms with Gasteiger partial charge in [0.05, 0.1) is 28.6 Å². The summed E-state index contributed by atoms with van der Waals surface area (Å²) in [5.41, 5.74) is 4.91. The van der Waals surface area contributed by atoms with Gasteiger partial charge < -0.3 is 14.6 Å². The Morgan fingerprint density at radius 2 is 1.73 bits per heavy atom. The highest BCUT2D eigenvalue weighted by Gasteiger charge is 2.31. The summed E-state index contributed by atoms with van der Waals surface area (Å²) in [5, 5.41) is 5.33. The van der Waals surface area contributed by atoms with Gasteiger partial charge in [-0.15, -0.1) is 0 Å². The first-order chi connectivity index (χ1) is 20.2. The second-order valence-electron chi connectivity index (χ2n) is 10.2. The Morgan fingerprint density at radius 3 is 2.59 bits per heavy atom. The zero-order chi connectivity index (χ0) is 27.8. The molecule has 0 saturated heterocycles. The highest BCUT2D eigenvalue weighted by Crippen LogP contribution is 2.39. The molecule has 8 nitrogen and oxygen atoms in total. The third-order valence-corrected chi connectivity index (χ3v) is 7.43. The fourth-order valence-electron chi connectivity index (χ4n) is 5.47. The second kappa shape index (κ2) is 10.6. The monoisotopic (exact) mass is 545 g/mol. The zero-order valence-corrected chi connectivity index (χ0v) is 22.6. The first kappa shape index (κ1) is 25.1. The minimum atomic E-state index is -0.285. The number of hydrogen-bond acceptors (Lipinski definition) is 7. The van der Waals surface area contributed by atoms with E-state index >= 15 is 0 Å². The molecule has 1 aliphatic heterocycles. The van der Waals surface area contributed by atoms with Gasteiger partial charge in [-0.1, -0.05) is 25.1 Å². The number of benzene rings is 2. The van der Waals surface area contributed by atoms with E-state index in [0.717, 1.165) is 76.1 Å². The topological polar surface area (TPSA) is 90.6 Å². The lowest BCUT2D eigenvalue weighted by Crippen LogP contribution is -2.16. The lowest BCUT2D eigenvalue weighted by atomic mass is 10.1. The van der Waals surface area contributed by atoms with Crippen LogP contribution in [-0.2, 0) is 6.42 Å². The number of rotatable bonds is 8. The van der Waals surface area contributed by atoms with E-state index in [4.69, 9.17) is 19.7 Å². The Morgan fingerprint density at radius 1 is 0.902 bits per heavy atom. The number of imidazole rings is 1. The van der Waals surface area contributed by atoms with Crippen LogP contribution in [0.1, 0.15) is 31.6 Å². The summed E-state index contributed by atoms with van der Waals surface area (Å²) < 4.78 is 22.3. The summed E-state index contributed by atoms with van der Waals surface area (Å²) in [4.78, 5) is 23.6. The smallest absolute Gasteiger partial charge is 0.223 e. The van der Waals surface area contributed by atoms with Gasteiger partial charge in [0.1, 0.15) is 23.8 Å². The maximum atomic E-state index is 13.8. The van der Waals surface area contributed by atoms with Crippen molar-refractivity contribution in [3.8, 4) is 28.5 Å². The molecule has 2 aromatic carbocycles. The van der Waals surface area contributed by atoms with E-state index in [1.807, 2.05) is 30.3 Å². The summed E-state index contributed by atoms with van der Waals surface area (Å²) in [6.45, 7) is 3.29. The minimum Gasteiger partial charge on any atom is -0.475 e. The lowest BCUT2D eigenvalue weighted by molar-refractivity contribution is 0.248. The lowest BCUT2D eigenvalue weighted by Gasteiger charge is -2.18. The molecule has 1 N–H and O–H groups in total. The zero-order valence-electron chi connectivity index (χ0n) is 22.6. The third-order valence-electron chi connectivity index (χ3n) is 7.43. The summed E-state index contributed by atoms with van der Waals surface area (Å²) >= 11 is 0. The van der Waals surface area contributed by atoms with Gasteiger partial charge in [0.15, 0.2) is 0 Å². The van der Waals surface area contributed by atoms with E-state index in [0.29, 0.717) is 18.4 Å². The Balaban J connectivity index is 1.25. The van der Waals surface area contributed by atoms with Crippen LogP contribution in [-0.4, -0.2) is 42.6 Å². The maximum absolute atomic E-state index is 13.8. The molecule has 0 radical (unpaired) electrons. The number of halogens is 1. The molecule has 1 aliphatic rings. The van der Waals surface area contributed by atoms with Crippen LogP contribution in [0.3, 0.4) is 0 Å². The van der Waals surface area contributed by atoms with Gasteiger partial charge in [0.2, 0.25) is 11.8 Å². The molecule has 1 unspecified atom stereocenters. The van der Waals surface area contributed by atoms with Crippen LogP contribution in [0.25, 0.3) is 44.5 Å². The molecule has 0 bridgehead atoms. The number of nitrogens with one attached hydrogen (secondary N) is 1. The Bertz CT molecular complexity index is 1870. The Kier molecular flexibility index (Phi) is 6.47. The Hall–Kier alpha value is -4.92. The minimum absolute atomic E-state index is 0.0202. The van der Waals surface area contributed by atoms with E-state index in [9.17, 15) is 4.39 Å². The number of fused-ring (bicyclic) bond motifs is 4. The molecule has 4 aromatic heterocycles. The average Bonchev–Trinajstić information content (AvgIpc) is 3.59. The molecule has 7 rings (SSSR count). The molecule has 0 aliphatic carbocycles. The predicted octanol–water partition coefficient (Wildman–Crippen LogP) is 6.63. The number of anilines is 1. The first-order valence-corrected chi connectivity index (χ1v) is 13.9. The number of pyridine rings is 2. The van der Waals surface area contributed by atoms with Crippen molar-refractivity contribution < 1.29 is 9.13 Å².